The molecule has 3 aromatic rings. The molecule has 3 N–H and O–H groups in total. The van der Waals surface area contributed by atoms with Gasteiger partial charge in [0.25, 0.3) is 5.91 Å². The van der Waals surface area contributed by atoms with Gasteiger partial charge in [0.15, 0.2) is 5.96 Å². The summed E-state index contributed by atoms with van der Waals surface area (Å²) in [6.07, 6.45) is 2.43. The zero-order valence-corrected chi connectivity index (χ0v) is 20.1. The van der Waals surface area contributed by atoms with E-state index in [4.69, 9.17) is 4.42 Å². The maximum absolute atomic E-state index is 12.0. The summed E-state index contributed by atoms with van der Waals surface area (Å²) in [5.74, 6) is 1.21. The van der Waals surface area contributed by atoms with Gasteiger partial charge >= 0.3 is 0 Å². The van der Waals surface area contributed by atoms with E-state index < -0.39 is 0 Å². The van der Waals surface area contributed by atoms with Crippen LogP contribution in [-0.4, -0.2) is 37.0 Å². The fourth-order valence-corrected chi connectivity index (χ4v) is 2.80. The number of aryl methyl sites for hydroxylation is 1. The van der Waals surface area contributed by atoms with E-state index >= 15 is 0 Å². The number of nitrogens with zero attached hydrogens (tertiary/aromatic N) is 2. The maximum Gasteiger partial charge on any atom is 0.251 e. The minimum absolute atomic E-state index is 0. The number of aliphatic imine (C=N–C) groups is 1. The topological polar surface area (TPSA) is 91.5 Å². The van der Waals surface area contributed by atoms with Gasteiger partial charge in [-0.05, 0) is 37.6 Å². The molecule has 0 spiro atoms. The molecule has 2 aromatic carbocycles. The average molecular weight is 533 g/mol. The predicted octanol–water partition coefficient (Wildman–Crippen LogP) is 3.75. The number of nitrogens with one attached hydrogen (secondary N) is 3. The van der Waals surface area contributed by atoms with Crippen molar-refractivity contribution in [3.8, 4) is 11.5 Å². The van der Waals surface area contributed by atoms with Gasteiger partial charge in [0.1, 0.15) is 6.26 Å². The Bertz CT molecular complexity index is 971. The number of halogens is 1. The lowest BCUT2D eigenvalue weighted by Gasteiger charge is -2.11. The summed E-state index contributed by atoms with van der Waals surface area (Å²) in [5.41, 5.74) is 3.61. The SMILES string of the molecule is CN=C(NCCCNC(=O)c1ccccc1)NCc1coc(-c2ccc(C)cc2)n1.I. The summed E-state index contributed by atoms with van der Waals surface area (Å²) < 4.78 is 5.58. The number of guanidine groups is 1. The standard InChI is InChI=1S/C23H27N5O2.HI/c1-17-9-11-19(12-10-17)22-28-20(16-30-22)15-27-23(24-2)26-14-6-13-25-21(29)18-7-4-3-5-8-18;/h3-5,7-12,16H,6,13-15H2,1-2H3,(H,25,29)(H2,24,26,27);1H. The number of amides is 1. The number of carbonyl (C=O) groups is 1. The molecule has 0 bridgehead atoms. The van der Waals surface area contributed by atoms with Crippen molar-refractivity contribution in [1.29, 1.82) is 0 Å². The van der Waals surface area contributed by atoms with Crippen LogP contribution in [0, 0.1) is 6.92 Å². The van der Waals surface area contributed by atoms with Gasteiger partial charge in [-0.1, -0.05) is 35.9 Å². The van der Waals surface area contributed by atoms with Gasteiger partial charge in [-0.2, -0.15) is 0 Å². The first-order valence-electron chi connectivity index (χ1n) is 9.95. The van der Waals surface area contributed by atoms with Crippen LogP contribution in [0.25, 0.3) is 11.5 Å². The quantitative estimate of drug-likeness (QED) is 0.178. The van der Waals surface area contributed by atoms with E-state index in [9.17, 15) is 4.79 Å². The molecule has 1 heterocycles. The van der Waals surface area contributed by atoms with Crippen LogP contribution in [0.15, 0.2) is 70.3 Å². The molecule has 0 saturated heterocycles. The number of carbonyl (C=O) groups excluding carboxylic acids is 1. The van der Waals surface area contributed by atoms with Crippen LogP contribution in [0.2, 0.25) is 0 Å². The molecule has 0 aliphatic carbocycles. The highest BCUT2D eigenvalue weighted by atomic mass is 127. The number of rotatable bonds is 8. The highest BCUT2D eigenvalue weighted by Crippen LogP contribution is 2.18. The third-order valence-electron chi connectivity index (χ3n) is 4.48. The Morgan fingerprint density at radius 2 is 1.71 bits per heavy atom. The normalized spacial score (nSPS) is 10.8. The van der Waals surface area contributed by atoms with E-state index in [-0.39, 0.29) is 29.9 Å². The molecule has 8 heteroatoms. The molecule has 0 fully saturated rings. The lowest BCUT2D eigenvalue weighted by Crippen LogP contribution is -2.38. The summed E-state index contributed by atoms with van der Waals surface area (Å²) in [7, 11) is 1.72. The van der Waals surface area contributed by atoms with Crippen LogP contribution in [0.1, 0.15) is 28.0 Å². The smallest absolute Gasteiger partial charge is 0.251 e. The lowest BCUT2D eigenvalue weighted by molar-refractivity contribution is 0.0953. The van der Waals surface area contributed by atoms with Crippen molar-refractivity contribution in [2.45, 2.75) is 19.9 Å². The van der Waals surface area contributed by atoms with E-state index in [1.54, 1.807) is 25.4 Å². The molecule has 1 amide bonds. The summed E-state index contributed by atoms with van der Waals surface area (Å²) in [6, 6.07) is 17.3. The summed E-state index contributed by atoms with van der Waals surface area (Å²) >= 11 is 0. The Morgan fingerprint density at radius 3 is 2.42 bits per heavy atom. The molecular weight excluding hydrogens is 505 g/mol. The molecule has 7 nitrogen and oxygen atoms in total. The van der Waals surface area contributed by atoms with Crippen molar-refractivity contribution < 1.29 is 9.21 Å². The van der Waals surface area contributed by atoms with E-state index in [2.05, 4.69) is 25.9 Å². The molecule has 164 valence electrons. The lowest BCUT2D eigenvalue weighted by atomic mass is 10.1. The fraction of sp³-hybridized carbons (Fsp3) is 0.261. The second kappa shape index (κ2) is 12.7. The molecule has 31 heavy (non-hydrogen) atoms. The molecule has 0 unspecified atom stereocenters. The third-order valence-corrected chi connectivity index (χ3v) is 4.48. The second-order valence-electron chi connectivity index (χ2n) is 6.84. The molecule has 0 aliphatic heterocycles. The highest BCUT2D eigenvalue weighted by molar-refractivity contribution is 14.0. The first-order valence-corrected chi connectivity index (χ1v) is 9.95. The Balaban J connectivity index is 0.00000341. The summed E-state index contributed by atoms with van der Waals surface area (Å²) in [4.78, 5) is 20.7. The van der Waals surface area contributed by atoms with Gasteiger partial charge in [0.05, 0.1) is 12.2 Å². The van der Waals surface area contributed by atoms with Crippen molar-refractivity contribution in [3.63, 3.8) is 0 Å². The van der Waals surface area contributed by atoms with Crippen molar-refractivity contribution in [2.75, 3.05) is 20.1 Å². The number of aromatic nitrogens is 1. The fourth-order valence-electron chi connectivity index (χ4n) is 2.80. The number of hydrogen-bond donors (Lipinski definition) is 3. The van der Waals surface area contributed by atoms with E-state index in [0.717, 1.165) is 17.7 Å². The zero-order chi connectivity index (χ0) is 21.2. The van der Waals surface area contributed by atoms with Gasteiger partial charge in [-0.15, -0.1) is 24.0 Å². The summed E-state index contributed by atoms with van der Waals surface area (Å²) in [6.45, 7) is 3.81. The molecule has 3 rings (SSSR count). The predicted molar refractivity (Wildman–Crippen MR) is 134 cm³/mol. The highest BCUT2D eigenvalue weighted by Gasteiger charge is 2.07. The van der Waals surface area contributed by atoms with Gasteiger partial charge in [0.2, 0.25) is 5.89 Å². The number of oxazole rings is 1. The van der Waals surface area contributed by atoms with Crippen molar-refractivity contribution in [3.05, 3.63) is 77.7 Å². The van der Waals surface area contributed by atoms with Gasteiger partial charge in [0, 0.05) is 31.3 Å². The van der Waals surface area contributed by atoms with Crippen LogP contribution >= 0.6 is 24.0 Å². The van der Waals surface area contributed by atoms with E-state index in [0.29, 0.717) is 37.0 Å². The maximum atomic E-state index is 12.0. The Morgan fingerprint density at radius 1 is 1.00 bits per heavy atom. The molecule has 0 atom stereocenters. The molecular formula is C23H28IN5O2. The van der Waals surface area contributed by atoms with Gasteiger partial charge < -0.3 is 20.4 Å². The van der Waals surface area contributed by atoms with Crippen molar-refractivity contribution in [1.82, 2.24) is 20.9 Å². The Kier molecular flexibility index (Phi) is 10.0. The van der Waals surface area contributed by atoms with Crippen molar-refractivity contribution >= 4 is 35.8 Å². The van der Waals surface area contributed by atoms with E-state index in [1.807, 2.05) is 49.4 Å². The minimum atomic E-state index is -0.0616. The average Bonchev–Trinajstić information content (AvgIpc) is 3.25. The first-order chi connectivity index (χ1) is 14.7. The first kappa shape index (κ1) is 24.4. The third kappa shape index (κ3) is 7.71. The monoisotopic (exact) mass is 533 g/mol. The van der Waals surface area contributed by atoms with Gasteiger partial charge in [-0.25, -0.2) is 4.98 Å². The van der Waals surface area contributed by atoms with E-state index in [1.165, 1.54) is 5.56 Å². The zero-order valence-electron chi connectivity index (χ0n) is 17.7. The van der Waals surface area contributed by atoms with Crippen LogP contribution in [0.4, 0.5) is 0 Å². The number of hydrogen-bond acceptors (Lipinski definition) is 4. The largest absolute Gasteiger partial charge is 0.444 e. The Hall–Kier alpha value is -2.88. The molecule has 0 saturated carbocycles. The summed E-state index contributed by atoms with van der Waals surface area (Å²) in [5, 5.41) is 9.35. The molecule has 0 radical (unpaired) electrons. The Labute approximate surface area is 199 Å². The van der Waals surface area contributed by atoms with Gasteiger partial charge in [-0.3, -0.25) is 9.79 Å². The van der Waals surface area contributed by atoms with Crippen LogP contribution in [0.3, 0.4) is 0 Å². The molecule has 0 aliphatic rings. The molecule has 1 aromatic heterocycles. The van der Waals surface area contributed by atoms with Crippen LogP contribution in [0.5, 0.6) is 0 Å². The van der Waals surface area contributed by atoms with Crippen LogP contribution < -0.4 is 16.0 Å². The second-order valence-corrected chi connectivity index (χ2v) is 6.84. The van der Waals surface area contributed by atoms with Crippen LogP contribution in [-0.2, 0) is 6.54 Å². The number of benzene rings is 2. The minimum Gasteiger partial charge on any atom is -0.444 e. The van der Waals surface area contributed by atoms with Crippen molar-refractivity contribution in [2.24, 2.45) is 4.99 Å².